The smallest absolute Gasteiger partial charge is 0.181 e. The lowest BCUT2D eigenvalue weighted by Gasteiger charge is -2.07. The summed E-state index contributed by atoms with van der Waals surface area (Å²) in [6, 6.07) is 1.23. The van der Waals surface area contributed by atoms with Crippen molar-refractivity contribution in [2.75, 3.05) is 6.54 Å². The van der Waals surface area contributed by atoms with Gasteiger partial charge in [-0.05, 0) is 12.5 Å². The van der Waals surface area contributed by atoms with Crippen LogP contribution in [0, 0.1) is 23.4 Å². The van der Waals surface area contributed by atoms with Gasteiger partial charge in [0.15, 0.2) is 12.2 Å². The third-order valence-electron chi connectivity index (χ3n) is 2.72. The highest BCUT2D eigenvalue weighted by molar-refractivity contribution is 5.61. The van der Waals surface area contributed by atoms with E-state index in [-0.39, 0.29) is 5.76 Å². The number of rotatable bonds is 5. The predicted octanol–water partition coefficient (Wildman–Crippen LogP) is 3.50. The Balaban J connectivity index is 2.28. The van der Waals surface area contributed by atoms with Crippen molar-refractivity contribution < 1.29 is 17.6 Å². The van der Waals surface area contributed by atoms with Gasteiger partial charge in [0.05, 0.1) is 5.56 Å². The number of hydrogen-bond donors (Lipinski definition) is 1. The van der Waals surface area contributed by atoms with E-state index in [1.54, 1.807) is 0 Å². The van der Waals surface area contributed by atoms with Crippen molar-refractivity contribution in [1.29, 1.82) is 0 Å². The Kier molecular flexibility index (Phi) is 4.44. The molecule has 1 heterocycles. The first-order chi connectivity index (χ1) is 9.49. The topological polar surface area (TPSA) is 38.1 Å². The van der Waals surface area contributed by atoms with Gasteiger partial charge in [-0.1, -0.05) is 13.8 Å². The maximum absolute atomic E-state index is 13.7. The maximum Gasteiger partial charge on any atom is 0.181 e. The summed E-state index contributed by atoms with van der Waals surface area (Å²) in [6.07, 6.45) is 1.12. The Morgan fingerprint density at radius 2 is 1.85 bits per heavy atom. The number of hydrogen-bond acceptors (Lipinski definition) is 3. The van der Waals surface area contributed by atoms with E-state index in [0.29, 0.717) is 30.3 Å². The molecule has 2 rings (SSSR count). The van der Waals surface area contributed by atoms with Crippen molar-refractivity contribution in [3.05, 3.63) is 41.7 Å². The van der Waals surface area contributed by atoms with Crippen LogP contribution in [0.2, 0.25) is 0 Å². The first-order valence-electron chi connectivity index (χ1n) is 6.27. The van der Waals surface area contributed by atoms with Gasteiger partial charge in [-0.3, -0.25) is 0 Å². The van der Waals surface area contributed by atoms with Gasteiger partial charge < -0.3 is 9.73 Å². The number of oxazole rings is 1. The lowest BCUT2D eigenvalue weighted by atomic mass is 10.1. The molecular weight excluding hydrogens is 269 g/mol. The summed E-state index contributed by atoms with van der Waals surface area (Å²) < 4.78 is 45.4. The second kappa shape index (κ2) is 6.09. The molecule has 0 aliphatic rings. The van der Waals surface area contributed by atoms with Gasteiger partial charge in [0.2, 0.25) is 0 Å². The molecule has 20 heavy (non-hydrogen) atoms. The minimum Gasteiger partial charge on any atom is -0.443 e. The Bertz CT molecular complexity index is 573. The minimum atomic E-state index is -1.01. The fraction of sp³-hybridized carbons (Fsp3) is 0.357. The van der Waals surface area contributed by atoms with Crippen LogP contribution < -0.4 is 5.32 Å². The molecule has 3 nitrogen and oxygen atoms in total. The second-order valence-electron chi connectivity index (χ2n) is 4.90. The second-order valence-corrected chi connectivity index (χ2v) is 4.90. The Morgan fingerprint density at radius 1 is 1.20 bits per heavy atom. The average molecular weight is 284 g/mol. The lowest BCUT2D eigenvalue weighted by Crippen LogP contribution is -2.19. The molecule has 6 heteroatoms. The van der Waals surface area contributed by atoms with Gasteiger partial charge in [0.25, 0.3) is 0 Å². The zero-order chi connectivity index (χ0) is 14.7. The highest BCUT2D eigenvalue weighted by Crippen LogP contribution is 2.29. The van der Waals surface area contributed by atoms with Crippen LogP contribution in [0.4, 0.5) is 13.2 Å². The van der Waals surface area contributed by atoms with E-state index >= 15 is 0 Å². The summed E-state index contributed by atoms with van der Waals surface area (Å²) in [4.78, 5) is 3.94. The monoisotopic (exact) mass is 284 g/mol. The molecule has 0 spiro atoms. The van der Waals surface area contributed by atoms with Gasteiger partial charge in [-0.25, -0.2) is 18.2 Å². The largest absolute Gasteiger partial charge is 0.443 e. The molecule has 0 fully saturated rings. The molecule has 0 radical (unpaired) electrons. The molecule has 1 aromatic heterocycles. The molecule has 0 saturated heterocycles. The van der Waals surface area contributed by atoms with Gasteiger partial charge in [-0.2, -0.15) is 0 Å². The number of nitrogens with zero attached hydrogens (tertiary/aromatic N) is 1. The van der Waals surface area contributed by atoms with Crippen LogP contribution in [0.25, 0.3) is 11.3 Å². The molecule has 0 saturated carbocycles. The summed E-state index contributed by atoms with van der Waals surface area (Å²) >= 11 is 0. The van der Waals surface area contributed by atoms with Crippen molar-refractivity contribution in [3.63, 3.8) is 0 Å². The summed E-state index contributed by atoms with van der Waals surface area (Å²) in [5, 5.41) is 3.11. The molecular formula is C14H15F3N2O. The molecule has 2 aromatic rings. The molecule has 1 N–H and O–H groups in total. The van der Waals surface area contributed by atoms with E-state index in [9.17, 15) is 13.2 Å². The quantitative estimate of drug-likeness (QED) is 0.913. The first kappa shape index (κ1) is 14.6. The zero-order valence-corrected chi connectivity index (χ0v) is 11.2. The highest BCUT2D eigenvalue weighted by atomic mass is 19.1. The Hall–Kier alpha value is -1.82. The normalized spacial score (nSPS) is 11.3. The summed E-state index contributed by atoms with van der Waals surface area (Å²) in [5.74, 6) is -2.57. The number of nitrogens with one attached hydrogen (secondary N) is 1. The van der Waals surface area contributed by atoms with E-state index < -0.39 is 23.0 Å². The van der Waals surface area contributed by atoms with Crippen molar-refractivity contribution in [2.45, 2.75) is 20.4 Å². The van der Waals surface area contributed by atoms with Crippen molar-refractivity contribution in [3.8, 4) is 11.3 Å². The van der Waals surface area contributed by atoms with Crippen molar-refractivity contribution >= 4 is 0 Å². The van der Waals surface area contributed by atoms with Gasteiger partial charge in [0.1, 0.15) is 23.1 Å². The van der Waals surface area contributed by atoms with Gasteiger partial charge >= 0.3 is 0 Å². The van der Waals surface area contributed by atoms with E-state index in [1.165, 1.54) is 0 Å². The molecule has 0 aliphatic heterocycles. The van der Waals surface area contributed by atoms with Crippen LogP contribution in [0.3, 0.4) is 0 Å². The summed E-state index contributed by atoms with van der Waals surface area (Å²) in [6.45, 7) is 5.13. The first-order valence-corrected chi connectivity index (χ1v) is 6.27. The van der Waals surface area contributed by atoms with E-state index in [0.717, 1.165) is 12.9 Å². The van der Waals surface area contributed by atoms with Gasteiger partial charge in [0, 0.05) is 18.7 Å². The third kappa shape index (κ3) is 3.19. The van der Waals surface area contributed by atoms with Crippen molar-refractivity contribution in [1.82, 2.24) is 10.3 Å². The highest BCUT2D eigenvalue weighted by Gasteiger charge is 2.20. The number of benzene rings is 1. The van der Waals surface area contributed by atoms with E-state index in [1.807, 2.05) is 13.8 Å². The molecule has 0 atom stereocenters. The van der Waals surface area contributed by atoms with E-state index in [2.05, 4.69) is 10.3 Å². The fourth-order valence-corrected chi connectivity index (χ4v) is 1.84. The molecule has 108 valence electrons. The van der Waals surface area contributed by atoms with Crippen LogP contribution in [-0.4, -0.2) is 11.5 Å². The van der Waals surface area contributed by atoms with Crippen LogP contribution in [0.15, 0.2) is 22.9 Å². The van der Waals surface area contributed by atoms with Crippen LogP contribution in [-0.2, 0) is 6.54 Å². The molecule has 0 bridgehead atoms. The van der Waals surface area contributed by atoms with Crippen LogP contribution in [0.5, 0.6) is 0 Å². The Labute approximate surface area is 114 Å². The molecule has 0 unspecified atom stereocenters. The number of halogens is 3. The number of aromatic nitrogens is 1. The fourth-order valence-electron chi connectivity index (χ4n) is 1.84. The summed E-state index contributed by atoms with van der Waals surface area (Å²) in [7, 11) is 0. The summed E-state index contributed by atoms with van der Waals surface area (Å²) in [5.41, 5.74) is -0.0136. The zero-order valence-electron chi connectivity index (χ0n) is 11.2. The third-order valence-corrected chi connectivity index (χ3v) is 2.72. The SMILES string of the molecule is CC(C)CNCc1ncoc1-c1c(F)cc(F)cc1F. The molecule has 1 aromatic carbocycles. The van der Waals surface area contributed by atoms with Gasteiger partial charge in [-0.15, -0.1) is 0 Å². The average Bonchev–Trinajstić information content (AvgIpc) is 2.75. The Morgan fingerprint density at radius 3 is 2.45 bits per heavy atom. The standard InChI is InChI=1S/C14H15F3N2O/c1-8(2)5-18-6-12-14(20-7-19-12)13-10(16)3-9(15)4-11(13)17/h3-4,7-8,18H,5-6H2,1-2H3. The minimum absolute atomic E-state index is 0.0174. The maximum atomic E-state index is 13.7. The van der Waals surface area contributed by atoms with Crippen LogP contribution in [0.1, 0.15) is 19.5 Å². The van der Waals surface area contributed by atoms with Crippen LogP contribution >= 0.6 is 0 Å². The van der Waals surface area contributed by atoms with Crippen molar-refractivity contribution in [2.24, 2.45) is 5.92 Å². The predicted molar refractivity (Wildman–Crippen MR) is 68.4 cm³/mol. The van der Waals surface area contributed by atoms with E-state index in [4.69, 9.17) is 4.42 Å². The molecule has 0 amide bonds. The molecule has 0 aliphatic carbocycles. The lowest BCUT2D eigenvalue weighted by molar-refractivity contribution is 0.522.